The van der Waals surface area contributed by atoms with E-state index in [1.807, 2.05) is 56.3 Å². The summed E-state index contributed by atoms with van der Waals surface area (Å²) in [6.45, 7) is 5.85. The van der Waals surface area contributed by atoms with Gasteiger partial charge in [0.1, 0.15) is 29.8 Å². The van der Waals surface area contributed by atoms with Gasteiger partial charge in [0.2, 0.25) is 17.7 Å². The molecule has 5 bridgehead atoms. The number of likely N-dealkylation sites (tertiary alicyclic amines) is 1. The van der Waals surface area contributed by atoms with Gasteiger partial charge in [0, 0.05) is 36.6 Å². The molecule has 7 atom stereocenters. The number of hydrogen-bond donors (Lipinski definition) is 2. The molecule has 0 unspecified atom stereocenters. The van der Waals surface area contributed by atoms with E-state index >= 15 is 0 Å². The van der Waals surface area contributed by atoms with Crippen LogP contribution in [0.5, 0.6) is 0 Å². The van der Waals surface area contributed by atoms with Gasteiger partial charge in [-0.15, -0.1) is 0 Å². The summed E-state index contributed by atoms with van der Waals surface area (Å²) >= 11 is 3.56. The quantitative estimate of drug-likeness (QED) is 0.373. The molecule has 1 aromatic carbocycles. The summed E-state index contributed by atoms with van der Waals surface area (Å²) in [5.74, 6) is -3.49. The normalized spacial score (nSPS) is 34.4. The van der Waals surface area contributed by atoms with Crippen LogP contribution in [0.4, 0.5) is 0 Å². The van der Waals surface area contributed by atoms with Gasteiger partial charge >= 0.3 is 5.97 Å². The van der Waals surface area contributed by atoms with Gasteiger partial charge < -0.3 is 29.7 Å². The van der Waals surface area contributed by atoms with Crippen LogP contribution in [0.2, 0.25) is 0 Å². The molecule has 0 aromatic heterocycles. The number of carbonyl (C=O) groups excluding carboxylic acids is 4. The molecule has 2 fully saturated rings. The van der Waals surface area contributed by atoms with Crippen LogP contribution < -0.4 is 5.32 Å². The van der Waals surface area contributed by atoms with E-state index in [1.54, 1.807) is 17.9 Å². The molecule has 4 aliphatic rings. The number of esters is 1. The number of aliphatic hydroxyl groups is 1. The summed E-state index contributed by atoms with van der Waals surface area (Å²) < 4.78 is 13.2. The fourth-order valence-corrected chi connectivity index (χ4v) is 7.42. The van der Waals surface area contributed by atoms with Crippen LogP contribution in [-0.4, -0.2) is 88.1 Å². The number of rotatable bonds is 5. The number of benzene rings is 1. The number of cyclic esters (lactones) is 1. The first kappa shape index (κ1) is 30.4. The number of amides is 3. The molecule has 10 nitrogen and oxygen atoms in total. The highest BCUT2D eigenvalue weighted by Gasteiger charge is 2.75. The maximum absolute atomic E-state index is 14.3. The Bertz CT molecular complexity index is 1280. The number of allylic oxidation sites excluding steroid dienone is 1. The Morgan fingerprint density at radius 3 is 2.52 bits per heavy atom. The van der Waals surface area contributed by atoms with E-state index in [0.29, 0.717) is 16.5 Å². The number of halogens is 1. The second-order valence-electron chi connectivity index (χ2n) is 11.7. The highest BCUT2D eigenvalue weighted by atomic mass is 79.9. The zero-order valence-electron chi connectivity index (χ0n) is 24.1. The topological polar surface area (TPSA) is 125 Å². The van der Waals surface area contributed by atoms with Crippen LogP contribution in [0.25, 0.3) is 0 Å². The number of fused-ring (bicyclic) bond motifs is 2. The minimum atomic E-state index is -1.37. The summed E-state index contributed by atoms with van der Waals surface area (Å²) in [5, 5.41) is 12.6. The lowest BCUT2D eigenvalue weighted by molar-refractivity contribution is -0.161. The van der Waals surface area contributed by atoms with E-state index in [-0.39, 0.29) is 56.3 Å². The molecule has 2 saturated heterocycles. The maximum atomic E-state index is 14.3. The second kappa shape index (κ2) is 12.3. The molecule has 2 N–H and O–H groups in total. The molecule has 0 aliphatic carbocycles. The van der Waals surface area contributed by atoms with Crippen molar-refractivity contribution >= 4 is 39.6 Å². The van der Waals surface area contributed by atoms with Crippen molar-refractivity contribution in [3.05, 3.63) is 58.6 Å². The first-order valence-corrected chi connectivity index (χ1v) is 15.4. The Hall–Kier alpha value is -3.02. The lowest BCUT2D eigenvalue weighted by atomic mass is 9.74. The molecular formula is C31H38BrN3O7. The summed E-state index contributed by atoms with van der Waals surface area (Å²) in [7, 11) is 0. The molecular weight excluding hydrogens is 606 g/mol. The Kier molecular flexibility index (Phi) is 8.91. The van der Waals surface area contributed by atoms with Crippen molar-refractivity contribution in [3.63, 3.8) is 0 Å². The average molecular weight is 645 g/mol. The van der Waals surface area contributed by atoms with E-state index in [0.717, 1.165) is 0 Å². The number of hydrogen-bond acceptors (Lipinski definition) is 7. The third-order valence-corrected chi connectivity index (χ3v) is 9.30. The van der Waals surface area contributed by atoms with Crippen LogP contribution in [0.15, 0.2) is 53.0 Å². The summed E-state index contributed by atoms with van der Waals surface area (Å²) in [6, 6.07) is 7.39. The van der Waals surface area contributed by atoms with Crippen LogP contribution in [0.1, 0.15) is 51.7 Å². The smallest absolute Gasteiger partial charge is 0.313 e. The number of aliphatic hydroxyl groups excluding tert-OH is 1. The Morgan fingerprint density at radius 1 is 1.10 bits per heavy atom. The SMILES string of the molecule is CC(C)N1C/C=C\CCC(=O)N[C@H](C)[C@@H](c2ccccc2)OC(=O)[C@@H]2[C@H]3O[C@@]4(C=C3Br)[C@H](C1=O)N(CCCO)C(=O)[C@@H]24. The molecule has 1 aromatic rings. The molecule has 0 radical (unpaired) electrons. The van der Waals surface area contributed by atoms with Crippen molar-refractivity contribution in [2.45, 2.75) is 76.0 Å². The zero-order valence-corrected chi connectivity index (χ0v) is 25.7. The fourth-order valence-electron chi connectivity index (χ4n) is 6.69. The summed E-state index contributed by atoms with van der Waals surface area (Å²) in [6.07, 6.45) is 4.86. The van der Waals surface area contributed by atoms with Crippen molar-refractivity contribution in [2.75, 3.05) is 19.7 Å². The second-order valence-corrected chi connectivity index (χ2v) is 12.6. The largest absolute Gasteiger partial charge is 0.455 e. The van der Waals surface area contributed by atoms with Crippen molar-refractivity contribution in [1.82, 2.24) is 15.1 Å². The first-order valence-electron chi connectivity index (χ1n) is 14.6. The predicted molar refractivity (Wildman–Crippen MR) is 157 cm³/mol. The molecule has 3 amide bonds. The molecule has 0 saturated carbocycles. The van der Waals surface area contributed by atoms with Gasteiger partial charge in [-0.25, -0.2) is 0 Å². The number of carbonyl (C=O) groups is 4. The molecule has 11 heteroatoms. The van der Waals surface area contributed by atoms with E-state index in [9.17, 15) is 24.3 Å². The molecule has 4 aliphatic heterocycles. The minimum absolute atomic E-state index is 0.142. The lowest BCUT2D eigenvalue weighted by Crippen LogP contribution is -2.57. The number of ether oxygens (including phenoxy) is 2. The van der Waals surface area contributed by atoms with Gasteiger partial charge in [-0.1, -0.05) is 58.4 Å². The van der Waals surface area contributed by atoms with E-state index in [1.165, 1.54) is 4.90 Å². The molecule has 42 heavy (non-hydrogen) atoms. The highest BCUT2D eigenvalue weighted by molar-refractivity contribution is 9.11. The van der Waals surface area contributed by atoms with Gasteiger partial charge in [0.25, 0.3) is 0 Å². The standard InChI is InChI=1S/C31H38BrN3O7/c1-18(2)34-14-9-5-8-13-22(37)33-19(3)25(20-11-6-4-7-12-20)41-30(40)23-24-28(38)35(15-10-16-36)27(29(34)39)31(24)17-21(32)26(23)42-31/h4-7,9,11-12,17-19,23-27,36H,8,10,13-16H2,1-3H3,(H,33,37)/b9-5-/t19-,23+,24-,25+,26+,27+,31-/m1/s1. The maximum Gasteiger partial charge on any atom is 0.313 e. The van der Waals surface area contributed by atoms with E-state index in [2.05, 4.69) is 21.2 Å². The third-order valence-electron chi connectivity index (χ3n) is 8.62. The van der Waals surface area contributed by atoms with Crippen LogP contribution >= 0.6 is 15.9 Å². The van der Waals surface area contributed by atoms with Gasteiger partial charge in [0.05, 0.1) is 12.0 Å². The number of nitrogens with one attached hydrogen (secondary N) is 1. The van der Waals surface area contributed by atoms with Crippen molar-refractivity contribution in [3.8, 4) is 0 Å². The lowest BCUT2D eigenvalue weighted by Gasteiger charge is -2.37. The molecule has 5 rings (SSSR count). The Labute approximate surface area is 254 Å². The Morgan fingerprint density at radius 2 is 1.83 bits per heavy atom. The van der Waals surface area contributed by atoms with Crippen LogP contribution in [-0.2, 0) is 28.7 Å². The fraction of sp³-hybridized carbons (Fsp3) is 0.548. The van der Waals surface area contributed by atoms with Crippen LogP contribution in [0.3, 0.4) is 0 Å². The first-order chi connectivity index (χ1) is 20.1. The monoisotopic (exact) mass is 643 g/mol. The van der Waals surface area contributed by atoms with Gasteiger partial charge in [-0.2, -0.15) is 0 Å². The predicted octanol–water partition coefficient (Wildman–Crippen LogP) is 2.62. The summed E-state index contributed by atoms with van der Waals surface area (Å²) in [4.78, 5) is 58.5. The summed E-state index contributed by atoms with van der Waals surface area (Å²) in [5.41, 5.74) is -0.670. The van der Waals surface area contributed by atoms with E-state index < -0.39 is 47.7 Å². The molecule has 1 spiro atoms. The van der Waals surface area contributed by atoms with E-state index in [4.69, 9.17) is 9.47 Å². The Balaban J connectivity index is 1.60. The van der Waals surface area contributed by atoms with Gasteiger partial charge in [-0.3, -0.25) is 19.2 Å². The highest BCUT2D eigenvalue weighted by Crippen LogP contribution is 2.59. The van der Waals surface area contributed by atoms with Gasteiger partial charge in [0.15, 0.2) is 0 Å². The molecule has 4 heterocycles. The minimum Gasteiger partial charge on any atom is -0.455 e. The van der Waals surface area contributed by atoms with Crippen molar-refractivity contribution < 1.29 is 33.8 Å². The zero-order chi connectivity index (χ0) is 30.2. The average Bonchev–Trinajstić information content (AvgIpc) is 3.54. The van der Waals surface area contributed by atoms with Crippen LogP contribution in [0, 0.1) is 11.8 Å². The van der Waals surface area contributed by atoms with Crippen molar-refractivity contribution in [1.29, 1.82) is 0 Å². The number of nitrogens with zero attached hydrogens (tertiary/aromatic N) is 2. The van der Waals surface area contributed by atoms with Gasteiger partial charge in [-0.05, 0) is 45.3 Å². The third kappa shape index (κ3) is 5.31. The van der Waals surface area contributed by atoms with Crippen molar-refractivity contribution in [2.24, 2.45) is 11.8 Å². The molecule has 226 valence electrons.